The molecule has 1 heteroatoms. The van der Waals surface area contributed by atoms with E-state index in [-0.39, 0.29) is 0 Å². The van der Waals surface area contributed by atoms with Gasteiger partial charge in [0.1, 0.15) is 0 Å². The van der Waals surface area contributed by atoms with E-state index in [0.717, 1.165) is 23.7 Å². The van der Waals surface area contributed by atoms with Crippen molar-refractivity contribution >= 4 is 6.21 Å². The molecule has 0 aromatic rings. The fourth-order valence-electron chi connectivity index (χ4n) is 4.21. The first kappa shape index (κ1) is 18.7. The standard InChI is InChI=1S/C20H39N/c1-6-9-10-11-12-13-18(7-2)20(17(5)21-8-3)16(4)19-14-15-19/h8,16-20H,6-7,9-15H2,1-5H3/b21-8+. The van der Waals surface area contributed by atoms with Crippen LogP contribution in [-0.2, 0) is 0 Å². The molecule has 4 atom stereocenters. The van der Waals surface area contributed by atoms with Crippen molar-refractivity contribution in [1.29, 1.82) is 0 Å². The van der Waals surface area contributed by atoms with Gasteiger partial charge in [0.2, 0.25) is 0 Å². The Morgan fingerprint density at radius 3 is 2.24 bits per heavy atom. The fourth-order valence-corrected chi connectivity index (χ4v) is 4.21. The van der Waals surface area contributed by atoms with Gasteiger partial charge in [-0.15, -0.1) is 0 Å². The molecule has 0 aromatic carbocycles. The molecule has 1 fully saturated rings. The molecule has 1 aliphatic carbocycles. The largest absolute Gasteiger partial charge is 0.294 e. The van der Waals surface area contributed by atoms with Crippen molar-refractivity contribution in [3.8, 4) is 0 Å². The predicted molar refractivity (Wildman–Crippen MR) is 96.2 cm³/mol. The second-order valence-corrected chi connectivity index (χ2v) is 7.29. The van der Waals surface area contributed by atoms with Crippen LogP contribution in [0.1, 0.15) is 92.4 Å². The molecular formula is C20H39N. The first-order valence-corrected chi connectivity index (χ1v) is 9.63. The third-order valence-corrected chi connectivity index (χ3v) is 5.66. The van der Waals surface area contributed by atoms with Crippen LogP contribution in [0, 0.1) is 23.7 Å². The van der Waals surface area contributed by atoms with E-state index in [0.29, 0.717) is 6.04 Å². The highest BCUT2D eigenvalue weighted by Gasteiger charge is 2.38. The molecule has 0 bridgehead atoms. The second-order valence-electron chi connectivity index (χ2n) is 7.29. The summed E-state index contributed by atoms with van der Waals surface area (Å²) in [5.74, 6) is 3.54. The van der Waals surface area contributed by atoms with Gasteiger partial charge in [-0.05, 0) is 56.6 Å². The van der Waals surface area contributed by atoms with Gasteiger partial charge in [-0.25, -0.2) is 0 Å². The summed E-state index contributed by atoms with van der Waals surface area (Å²) in [6, 6.07) is 0.506. The summed E-state index contributed by atoms with van der Waals surface area (Å²) in [5, 5.41) is 0. The first-order chi connectivity index (χ1) is 10.2. The Balaban J connectivity index is 2.55. The molecule has 21 heavy (non-hydrogen) atoms. The van der Waals surface area contributed by atoms with E-state index in [2.05, 4.69) is 34.6 Å². The summed E-state index contributed by atoms with van der Waals surface area (Å²) in [6.45, 7) is 11.6. The molecule has 1 nitrogen and oxygen atoms in total. The highest BCUT2D eigenvalue weighted by molar-refractivity contribution is 5.53. The molecule has 0 radical (unpaired) electrons. The number of hydrogen-bond acceptors (Lipinski definition) is 1. The lowest BCUT2D eigenvalue weighted by atomic mass is 9.73. The lowest BCUT2D eigenvalue weighted by molar-refractivity contribution is 0.171. The van der Waals surface area contributed by atoms with Crippen LogP contribution in [-0.4, -0.2) is 12.3 Å². The molecule has 0 saturated heterocycles. The van der Waals surface area contributed by atoms with Gasteiger partial charge in [-0.3, -0.25) is 4.99 Å². The number of hydrogen-bond donors (Lipinski definition) is 0. The highest BCUT2D eigenvalue weighted by atomic mass is 14.8. The molecule has 1 rings (SSSR count). The lowest BCUT2D eigenvalue weighted by Gasteiger charge is -2.35. The van der Waals surface area contributed by atoms with Crippen molar-refractivity contribution < 1.29 is 0 Å². The zero-order chi connectivity index (χ0) is 15.7. The summed E-state index contributed by atoms with van der Waals surface area (Å²) < 4.78 is 0. The smallest absolute Gasteiger partial charge is 0.0500 e. The van der Waals surface area contributed by atoms with Crippen LogP contribution >= 0.6 is 0 Å². The molecule has 0 amide bonds. The van der Waals surface area contributed by atoms with E-state index in [1.165, 1.54) is 57.8 Å². The van der Waals surface area contributed by atoms with Crippen LogP contribution in [0.5, 0.6) is 0 Å². The summed E-state index contributed by atoms with van der Waals surface area (Å²) in [5.41, 5.74) is 0. The Labute approximate surface area is 134 Å². The molecule has 0 aliphatic heterocycles. The zero-order valence-corrected chi connectivity index (χ0v) is 15.3. The summed E-state index contributed by atoms with van der Waals surface area (Å²) >= 11 is 0. The molecule has 4 unspecified atom stereocenters. The highest BCUT2D eigenvalue weighted by Crippen LogP contribution is 2.45. The van der Waals surface area contributed by atoms with Crippen LogP contribution in [0.2, 0.25) is 0 Å². The third kappa shape index (κ3) is 6.53. The molecule has 0 heterocycles. The molecule has 0 spiro atoms. The second kappa shape index (κ2) is 10.4. The van der Waals surface area contributed by atoms with E-state index in [1.807, 2.05) is 6.21 Å². The molecule has 124 valence electrons. The van der Waals surface area contributed by atoms with Crippen molar-refractivity contribution in [2.75, 3.05) is 0 Å². The number of unbranched alkanes of at least 4 members (excludes halogenated alkanes) is 4. The van der Waals surface area contributed by atoms with Crippen molar-refractivity contribution in [2.24, 2.45) is 28.7 Å². The van der Waals surface area contributed by atoms with Crippen molar-refractivity contribution in [2.45, 2.75) is 98.4 Å². The number of aliphatic imine (C=N–C) groups is 1. The van der Waals surface area contributed by atoms with Gasteiger partial charge < -0.3 is 0 Å². The summed E-state index contributed by atoms with van der Waals surface area (Å²) in [7, 11) is 0. The van der Waals surface area contributed by atoms with Gasteiger partial charge in [0.25, 0.3) is 0 Å². The zero-order valence-electron chi connectivity index (χ0n) is 15.3. The molecule has 0 N–H and O–H groups in total. The van der Waals surface area contributed by atoms with Gasteiger partial charge in [0.05, 0.1) is 6.04 Å². The first-order valence-electron chi connectivity index (χ1n) is 9.63. The van der Waals surface area contributed by atoms with Gasteiger partial charge in [-0.2, -0.15) is 0 Å². The minimum absolute atomic E-state index is 0.506. The maximum absolute atomic E-state index is 4.76. The maximum Gasteiger partial charge on any atom is 0.0500 e. The van der Waals surface area contributed by atoms with E-state index in [4.69, 9.17) is 4.99 Å². The van der Waals surface area contributed by atoms with Crippen LogP contribution in [0.25, 0.3) is 0 Å². The Morgan fingerprint density at radius 2 is 1.71 bits per heavy atom. The Bertz CT molecular complexity index is 280. The monoisotopic (exact) mass is 293 g/mol. The molecule has 1 aliphatic rings. The van der Waals surface area contributed by atoms with Crippen LogP contribution in [0.15, 0.2) is 4.99 Å². The minimum atomic E-state index is 0.506. The minimum Gasteiger partial charge on any atom is -0.294 e. The van der Waals surface area contributed by atoms with Gasteiger partial charge in [0.15, 0.2) is 0 Å². The van der Waals surface area contributed by atoms with E-state index >= 15 is 0 Å². The maximum atomic E-state index is 4.76. The van der Waals surface area contributed by atoms with Gasteiger partial charge >= 0.3 is 0 Å². The Kier molecular flexibility index (Phi) is 9.27. The summed E-state index contributed by atoms with van der Waals surface area (Å²) in [4.78, 5) is 4.76. The van der Waals surface area contributed by atoms with Crippen molar-refractivity contribution in [3.63, 3.8) is 0 Å². The topological polar surface area (TPSA) is 12.4 Å². The van der Waals surface area contributed by atoms with Gasteiger partial charge in [0, 0.05) is 0 Å². The third-order valence-electron chi connectivity index (χ3n) is 5.66. The number of rotatable bonds is 12. The van der Waals surface area contributed by atoms with Crippen LogP contribution in [0.3, 0.4) is 0 Å². The molecule has 0 aromatic heterocycles. The fraction of sp³-hybridized carbons (Fsp3) is 0.950. The van der Waals surface area contributed by atoms with E-state index < -0.39 is 0 Å². The van der Waals surface area contributed by atoms with Crippen molar-refractivity contribution in [3.05, 3.63) is 0 Å². The van der Waals surface area contributed by atoms with Crippen molar-refractivity contribution in [1.82, 2.24) is 0 Å². The van der Waals surface area contributed by atoms with Gasteiger partial charge in [-0.1, -0.05) is 65.7 Å². The van der Waals surface area contributed by atoms with Crippen LogP contribution < -0.4 is 0 Å². The average Bonchev–Trinajstić information content (AvgIpc) is 3.30. The lowest BCUT2D eigenvalue weighted by Crippen LogP contribution is -2.31. The molecule has 1 saturated carbocycles. The normalized spacial score (nSPS) is 21.4. The summed E-state index contributed by atoms with van der Waals surface area (Å²) in [6.07, 6.45) is 14.7. The number of nitrogens with zero attached hydrogens (tertiary/aromatic N) is 1. The SMILES string of the molecule is C/C=N/C(C)C(C(CC)CCCCCCC)C(C)C1CC1. The predicted octanol–water partition coefficient (Wildman–Crippen LogP) is 6.51. The molecular weight excluding hydrogens is 254 g/mol. The quantitative estimate of drug-likeness (QED) is 0.287. The average molecular weight is 294 g/mol. The Morgan fingerprint density at radius 1 is 1.05 bits per heavy atom. The van der Waals surface area contributed by atoms with E-state index in [9.17, 15) is 0 Å². The van der Waals surface area contributed by atoms with E-state index in [1.54, 1.807) is 0 Å². The van der Waals surface area contributed by atoms with Crippen LogP contribution in [0.4, 0.5) is 0 Å². The Hall–Kier alpha value is -0.330.